The summed E-state index contributed by atoms with van der Waals surface area (Å²) in [5, 5.41) is 10.1. The third-order valence-corrected chi connectivity index (χ3v) is 11.8. The molecule has 206 valence electrons. The van der Waals surface area contributed by atoms with Gasteiger partial charge in [-0.2, -0.15) is 5.26 Å². The van der Waals surface area contributed by atoms with Crippen LogP contribution < -0.4 is 0 Å². The zero-order chi connectivity index (χ0) is 25.0. The molecule has 4 fully saturated rings. The van der Waals surface area contributed by atoms with Crippen LogP contribution in [0.1, 0.15) is 167 Å². The molecule has 0 aromatic rings. The second kappa shape index (κ2) is 15.8. The van der Waals surface area contributed by atoms with Crippen molar-refractivity contribution in [3.8, 4) is 6.07 Å². The fourth-order valence-corrected chi connectivity index (χ4v) is 9.71. The molecule has 0 bridgehead atoms. The average molecular weight is 496 g/mol. The maximum atomic E-state index is 10.1. The summed E-state index contributed by atoms with van der Waals surface area (Å²) in [5.74, 6) is 6.75. The molecule has 0 saturated heterocycles. The zero-order valence-electron chi connectivity index (χ0n) is 24.2. The SMILES string of the molecule is CCCCCC1CCC2CC(CCC(C3CCCCCCC3)C3CCCCCCC3)CCC2C1C#N. The van der Waals surface area contributed by atoms with Crippen LogP contribution in [0.15, 0.2) is 0 Å². The first-order chi connectivity index (χ1) is 17.8. The van der Waals surface area contributed by atoms with Gasteiger partial charge in [-0.1, -0.05) is 129 Å². The molecule has 0 spiro atoms. The molecule has 1 nitrogen and oxygen atoms in total. The van der Waals surface area contributed by atoms with Gasteiger partial charge in [0, 0.05) is 0 Å². The summed E-state index contributed by atoms with van der Waals surface area (Å²) in [5.41, 5.74) is 0. The Labute approximate surface area is 226 Å². The first-order valence-corrected chi connectivity index (χ1v) is 17.2. The van der Waals surface area contributed by atoms with E-state index in [0.717, 1.165) is 35.5 Å². The minimum Gasteiger partial charge on any atom is -0.198 e. The lowest BCUT2D eigenvalue weighted by Gasteiger charge is -2.45. The maximum absolute atomic E-state index is 10.1. The topological polar surface area (TPSA) is 23.8 Å². The number of nitrogens with zero attached hydrogens (tertiary/aromatic N) is 1. The van der Waals surface area contributed by atoms with Crippen LogP contribution in [0.5, 0.6) is 0 Å². The van der Waals surface area contributed by atoms with E-state index < -0.39 is 0 Å². The van der Waals surface area contributed by atoms with Crippen LogP contribution in [0.3, 0.4) is 0 Å². The monoisotopic (exact) mass is 495 g/mol. The van der Waals surface area contributed by atoms with Gasteiger partial charge in [0.1, 0.15) is 0 Å². The van der Waals surface area contributed by atoms with Gasteiger partial charge >= 0.3 is 0 Å². The number of rotatable bonds is 9. The first-order valence-electron chi connectivity index (χ1n) is 17.2. The standard InChI is InChI=1S/C35H61N/c1-2-3-10-15-31-22-23-32-26-28(21-25-34(32)35(31)27-36)20-24-33(29-16-11-6-4-7-12-17-29)30-18-13-8-5-9-14-19-30/h28-35H,2-26H2,1H3. The van der Waals surface area contributed by atoms with Crippen molar-refractivity contribution in [2.75, 3.05) is 0 Å². The van der Waals surface area contributed by atoms with Crippen molar-refractivity contribution in [1.82, 2.24) is 0 Å². The van der Waals surface area contributed by atoms with E-state index in [1.807, 2.05) is 0 Å². The van der Waals surface area contributed by atoms with Gasteiger partial charge < -0.3 is 0 Å². The molecular weight excluding hydrogens is 434 g/mol. The van der Waals surface area contributed by atoms with Crippen LogP contribution in [0.2, 0.25) is 0 Å². The number of hydrogen-bond acceptors (Lipinski definition) is 1. The summed E-state index contributed by atoms with van der Waals surface area (Å²) in [6.07, 6.45) is 36.6. The summed E-state index contributed by atoms with van der Waals surface area (Å²) in [7, 11) is 0. The Morgan fingerprint density at radius 2 is 1.28 bits per heavy atom. The highest BCUT2D eigenvalue weighted by Gasteiger charge is 2.42. The second-order valence-electron chi connectivity index (χ2n) is 14.0. The van der Waals surface area contributed by atoms with Crippen molar-refractivity contribution in [2.45, 2.75) is 167 Å². The Balaban J connectivity index is 1.33. The van der Waals surface area contributed by atoms with E-state index in [-0.39, 0.29) is 0 Å². The van der Waals surface area contributed by atoms with Crippen molar-refractivity contribution >= 4 is 0 Å². The molecule has 0 aliphatic heterocycles. The first kappa shape index (κ1) is 28.5. The molecule has 0 aromatic heterocycles. The normalized spacial score (nSPS) is 33.6. The van der Waals surface area contributed by atoms with Gasteiger partial charge in [0.2, 0.25) is 0 Å². The molecular formula is C35H61N. The lowest BCUT2D eigenvalue weighted by atomic mass is 9.58. The molecule has 0 radical (unpaired) electrons. The smallest absolute Gasteiger partial charge is 0.0661 e. The molecule has 5 atom stereocenters. The van der Waals surface area contributed by atoms with Gasteiger partial charge in [0.15, 0.2) is 0 Å². The van der Waals surface area contributed by atoms with Gasteiger partial charge in [-0.3, -0.25) is 0 Å². The Hall–Kier alpha value is -0.510. The lowest BCUT2D eigenvalue weighted by Crippen LogP contribution is -2.38. The fourth-order valence-electron chi connectivity index (χ4n) is 9.71. The van der Waals surface area contributed by atoms with Crippen LogP contribution in [-0.4, -0.2) is 0 Å². The Bertz CT molecular complexity index is 595. The van der Waals surface area contributed by atoms with Gasteiger partial charge in [0.05, 0.1) is 12.0 Å². The molecule has 4 aliphatic carbocycles. The van der Waals surface area contributed by atoms with Crippen LogP contribution in [0, 0.1) is 58.7 Å². The molecule has 0 N–H and O–H groups in total. The number of hydrogen-bond donors (Lipinski definition) is 0. The minimum atomic E-state index is 0.374. The molecule has 4 aliphatic rings. The van der Waals surface area contributed by atoms with Gasteiger partial charge in [-0.15, -0.1) is 0 Å². The van der Waals surface area contributed by atoms with Crippen LogP contribution in [-0.2, 0) is 0 Å². The van der Waals surface area contributed by atoms with Crippen molar-refractivity contribution in [2.24, 2.45) is 47.3 Å². The number of nitriles is 1. The highest BCUT2D eigenvalue weighted by atomic mass is 14.5. The molecule has 4 rings (SSSR count). The number of unbranched alkanes of at least 4 members (excludes halogenated alkanes) is 2. The fraction of sp³-hybridized carbons (Fsp3) is 0.971. The third-order valence-electron chi connectivity index (χ3n) is 11.8. The van der Waals surface area contributed by atoms with E-state index >= 15 is 0 Å². The molecule has 0 amide bonds. The summed E-state index contributed by atoms with van der Waals surface area (Å²) < 4.78 is 0. The van der Waals surface area contributed by atoms with Crippen LogP contribution >= 0.6 is 0 Å². The summed E-state index contributed by atoms with van der Waals surface area (Å²) in [4.78, 5) is 0. The summed E-state index contributed by atoms with van der Waals surface area (Å²) in [6, 6.07) is 2.85. The Kier molecular flexibility index (Phi) is 12.5. The predicted octanol–water partition coefficient (Wildman–Crippen LogP) is 11.3. The quantitative estimate of drug-likeness (QED) is 0.292. The van der Waals surface area contributed by atoms with E-state index in [9.17, 15) is 5.26 Å². The van der Waals surface area contributed by atoms with Crippen LogP contribution in [0.4, 0.5) is 0 Å². The maximum Gasteiger partial charge on any atom is 0.0661 e. The summed E-state index contributed by atoms with van der Waals surface area (Å²) in [6.45, 7) is 2.30. The third kappa shape index (κ3) is 8.24. The Morgan fingerprint density at radius 1 is 0.667 bits per heavy atom. The van der Waals surface area contributed by atoms with Crippen molar-refractivity contribution in [3.63, 3.8) is 0 Å². The summed E-state index contributed by atoms with van der Waals surface area (Å²) >= 11 is 0. The van der Waals surface area contributed by atoms with Crippen LogP contribution in [0.25, 0.3) is 0 Å². The molecule has 5 unspecified atom stereocenters. The largest absolute Gasteiger partial charge is 0.198 e. The van der Waals surface area contributed by atoms with E-state index in [0.29, 0.717) is 11.8 Å². The highest BCUT2D eigenvalue weighted by molar-refractivity contribution is 5.00. The van der Waals surface area contributed by atoms with Crippen molar-refractivity contribution in [1.29, 1.82) is 5.26 Å². The highest BCUT2D eigenvalue weighted by Crippen LogP contribution is 2.50. The van der Waals surface area contributed by atoms with Crippen molar-refractivity contribution in [3.05, 3.63) is 0 Å². The Morgan fingerprint density at radius 3 is 1.86 bits per heavy atom. The van der Waals surface area contributed by atoms with Gasteiger partial charge in [0.25, 0.3) is 0 Å². The van der Waals surface area contributed by atoms with E-state index in [2.05, 4.69) is 13.0 Å². The predicted molar refractivity (Wildman–Crippen MR) is 155 cm³/mol. The van der Waals surface area contributed by atoms with E-state index in [1.54, 1.807) is 32.1 Å². The lowest BCUT2D eigenvalue weighted by molar-refractivity contribution is 0.0499. The zero-order valence-corrected chi connectivity index (χ0v) is 24.2. The minimum absolute atomic E-state index is 0.374. The molecule has 0 heterocycles. The van der Waals surface area contributed by atoms with Crippen molar-refractivity contribution < 1.29 is 0 Å². The second-order valence-corrected chi connectivity index (χ2v) is 14.0. The van der Waals surface area contributed by atoms with E-state index in [4.69, 9.17) is 0 Å². The molecule has 1 heteroatoms. The van der Waals surface area contributed by atoms with E-state index in [1.165, 1.54) is 128 Å². The molecule has 36 heavy (non-hydrogen) atoms. The van der Waals surface area contributed by atoms with Gasteiger partial charge in [-0.25, -0.2) is 0 Å². The molecule has 0 aromatic carbocycles. The molecule has 4 saturated carbocycles. The number of fused-ring (bicyclic) bond motifs is 1. The average Bonchev–Trinajstić information content (AvgIpc) is 2.85. The van der Waals surface area contributed by atoms with Gasteiger partial charge in [-0.05, 0) is 80.0 Å².